The molecule has 21 heavy (non-hydrogen) atoms. The average molecular weight is 287 g/mol. The third kappa shape index (κ3) is 5.47. The lowest BCUT2D eigenvalue weighted by Crippen LogP contribution is -2.33. The van der Waals surface area contributed by atoms with Crippen molar-refractivity contribution in [2.45, 2.75) is 72.3 Å². The standard InChI is InChI=1S/C20H33N/c1-15(2)21-14-20-9-7-5-6-8-19(20)13-18-11-16(3)10-17(4)12-18/h10-12,15,19-21H,5-9,13-14H2,1-4H3. The van der Waals surface area contributed by atoms with Crippen LogP contribution < -0.4 is 5.32 Å². The second kappa shape index (κ2) is 7.98. The smallest absolute Gasteiger partial charge is 0.00104 e. The molecule has 2 rings (SSSR count). The SMILES string of the molecule is Cc1cc(C)cc(CC2CCCCCC2CNC(C)C)c1. The van der Waals surface area contributed by atoms with Crippen molar-refractivity contribution in [1.29, 1.82) is 0 Å². The molecule has 1 aromatic rings. The predicted molar refractivity (Wildman–Crippen MR) is 92.8 cm³/mol. The third-order valence-electron chi connectivity index (χ3n) is 4.88. The molecule has 0 amide bonds. The summed E-state index contributed by atoms with van der Waals surface area (Å²) in [4.78, 5) is 0. The van der Waals surface area contributed by atoms with Crippen LogP contribution in [0.4, 0.5) is 0 Å². The molecular weight excluding hydrogens is 254 g/mol. The Bertz CT molecular complexity index is 415. The van der Waals surface area contributed by atoms with Crippen molar-refractivity contribution in [3.8, 4) is 0 Å². The van der Waals surface area contributed by atoms with E-state index in [4.69, 9.17) is 0 Å². The minimum Gasteiger partial charge on any atom is -0.314 e. The molecule has 0 aromatic heterocycles. The summed E-state index contributed by atoms with van der Waals surface area (Å²) in [6.07, 6.45) is 8.38. The molecule has 2 atom stereocenters. The molecule has 1 N–H and O–H groups in total. The zero-order chi connectivity index (χ0) is 15.2. The van der Waals surface area contributed by atoms with Crippen molar-refractivity contribution in [3.05, 3.63) is 34.9 Å². The van der Waals surface area contributed by atoms with Gasteiger partial charge in [-0.3, -0.25) is 0 Å². The Morgan fingerprint density at radius 2 is 1.57 bits per heavy atom. The van der Waals surface area contributed by atoms with Gasteiger partial charge in [0.1, 0.15) is 0 Å². The van der Waals surface area contributed by atoms with Gasteiger partial charge in [0.2, 0.25) is 0 Å². The lowest BCUT2D eigenvalue weighted by Gasteiger charge is -2.27. The lowest BCUT2D eigenvalue weighted by atomic mass is 9.82. The van der Waals surface area contributed by atoms with Crippen LogP contribution in [0.3, 0.4) is 0 Å². The number of nitrogens with one attached hydrogen (secondary N) is 1. The summed E-state index contributed by atoms with van der Waals surface area (Å²) in [5.74, 6) is 1.72. The third-order valence-corrected chi connectivity index (χ3v) is 4.88. The van der Waals surface area contributed by atoms with Gasteiger partial charge in [-0.15, -0.1) is 0 Å². The van der Waals surface area contributed by atoms with Crippen LogP contribution in [0, 0.1) is 25.7 Å². The van der Waals surface area contributed by atoms with Crippen molar-refractivity contribution in [2.24, 2.45) is 11.8 Å². The zero-order valence-corrected chi connectivity index (χ0v) is 14.4. The fourth-order valence-electron chi connectivity index (χ4n) is 3.88. The van der Waals surface area contributed by atoms with Crippen molar-refractivity contribution in [1.82, 2.24) is 5.32 Å². The van der Waals surface area contributed by atoms with E-state index in [2.05, 4.69) is 51.2 Å². The molecular formula is C20H33N. The van der Waals surface area contributed by atoms with Crippen LogP contribution in [0.5, 0.6) is 0 Å². The summed E-state index contributed by atoms with van der Waals surface area (Å²) in [6, 6.07) is 7.68. The predicted octanol–water partition coefficient (Wildman–Crippen LogP) is 5.04. The molecule has 2 unspecified atom stereocenters. The van der Waals surface area contributed by atoms with E-state index in [1.807, 2.05) is 0 Å². The number of benzene rings is 1. The Kier molecular flexibility index (Phi) is 6.29. The summed E-state index contributed by atoms with van der Waals surface area (Å²) in [5.41, 5.74) is 4.37. The number of hydrogen-bond acceptors (Lipinski definition) is 1. The van der Waals surface area contributed by atoms with Crippen LogP contribution in [0.1, 0.15) is 62.6 Å². The Morgan fingerprint density at radius 1 is 0.952 bits per heavy atom. The zero-order valence-electron chi connectivity index (χ0n) is 14.4. The van der Waals surface area contributed by atoms with E-state index in [-0.39, 0.29) is 0 Å². The molecule has 0 saturated heterocycles. The molecule has 1 fully saturated rings. The number of hydrogen-bond donors (Lipinski definition) is 1. The quantitative estimate of drug-likeness (QED) is 0.748. The van der Waals surface area contributed by atoms with Gasteiger partial charge in [-0.2, -0.15) is 0 Å². The maximum atomic E-state index is 3.68. The molecule has 1 aliphatic carbocycles. The summed E-state index contributed by atoms with van der Waals surface area (Å²) in [6.45, 7) is 10.2. The summed E-state index contributed by atoms with van der Waals surface area (Å²) in [5, 5.41) is 3.68. The molecule has 0 spiro atoms. The highest BCUT2D eigenvalue weighted by atomic mass is 14.9. The van der Waals surface area contributed by atoms with E-state index in [1.54, 1.807) is 5.56 Å². The number of rotatable bonds is 5. The second-order valence-electron chi connectivity index (χ2n) is 7.42. The van der Waals surface area contributed by atoms with E-state index in [0.29, 0.717) is 6.04 Å². The molecule has 1 saturated carbocycles. The van der Waals surface area contributed by atoms with Crippen molar-refractivity contribution < 1.29 is 0 Å². The van der Waals surface area contributed by atoms with Gasteiger partial charge in [0.25, 0.3) is 0 Å². The van der Waals surface area contributed by atoms with Gasteiger partial charge in [0.05, 0.1) is 0 Å². The minimum atomic E-state index is 0.607. The highest BCUT2D eigenvalue weighted by Gasteiger charge is 2.24. The Balaban J connectivity index is 2.05. The van der Waals surface area contributed by atoms with E-state index >= 15 is 0 Å². The first-order chi connectivity index (χ1) is 10.0. The van der Waals surface area contributed by atoms with Crippen LogP contribution in [0.25, 0.3) is 0 Å². The maximum absolute atomic E-state index is 3.68. The first-order valence-corrected chi connectivity index (χ1v) is 8.85. The van der Waals surface area contributed by atoms with Crippen LogP contribution >= 0.6 is 0 Å². The lowest BCUT2D eigenvalue weighted by molar-refractivity contribution is 0.291. The molecule has 0 heterocycles. The number of aryl methyl sites for hydroxylation is 2. The molecule has 1 aromatic carbocycles. The van der Waals surface area contributed by atoms with Gasteiger partial charge in [-0.1, -0.05) is 62.4 Å². The van der Waals surface area contributed by atoms with Crippen LogP contribution in [-0.4, -0.2) is 12.6 Å². The van der Waals surface area contributed by atoms with Gasteiger partial charge in [0.15, 0.2) is 0 Å². The van der Waals surface area contributed by atoms with Gasteiger partial charge in [-0.25, -0.2) is 0 Å². The second-order valence-corrected chi connectivity index (χ2v) is 7.42. The molecule has 0 aliphatic heterocycles. The van der Waals surface area contributed by atoms with Gasteiger partial charge in [0, 0.05) is 6.04 Å². The first-order valence-electron chi connectivity index (χ1n) is 8.85. The van der Waals surface area contributed by atoms with Crippen molar-refractivity contribution in [2.75, 3.05) is 6.54 Å². The van der Waals surface area contributed by atoms with Crippen LogP contribution in [0.15, 0.2) is 18.2 Å². The minimum absolute atomic E-state index is 0.607. The van der Waals surface area contributed by atoms with Gasteiger partial charge >= 0.3 is 0 Å². The topological polar surface area (TPSA) is 12.0 Å². The molecule has 0 bridgehead atoms. The fourth-order valence-corrected chi connectivity index (χ4v) is 3.88. The van der Waals surface area contributed by atoms with Crippen molar-refractivity contribution >= 4 is 0 Å². The Morgan fingerprint density at radius 3 is 2.19 bits per heavy atom. The average Bonchev–Trinajstić information content (AvgIpc) is 2.60. The molecule has 1 aliphatic rings. The first kappa shape index (κ1) is 16.5. The Labute approximate surface area is 131 Å². The molecule has 1 nitrogen and oxygen atoms in total. The molecule has 1 heteroatoms. The van der Waals surface area contributed by atoms with E-state index < -0.39 is 0 Å². The maximum Gasteiger partial charge on any atom is 0.00104 e. The van der Waals surface area contributed by atoms with Crippen LogP contribution in [0.2, 0.25) is 0 Å². The fraction of sp³-hybridized carbons (Fsp3) is 0.700. The van der Waals surface area contributed by atoms with Crippen LogP contribution in [-0.2, 0) is 6.42 Å². The summed E-state index contributed by atoms with van der Waals surface area (Å²) < 4.78 is 0. The normalized spacial score (nSPS) is 23.3. The monoisotopic (exact) mass is 287 g/mol. The highest BCUT2D eigenvalue weighted by molar-refractivity contribution is 5.28. The largest absolute Gasteiger partial charge is 0.314 e. The Hall–Kier alpha value is -0.820. The van der Waals surface area contributed by atoms with Gasteiger partial charge < -0.3 is 5.32 Å². The van der Waals surface area contributed by atoms with E-state index in [0.717, 1.165) is 11.8 Å². The van der Waals surface area contributed by atoms with E-state index in [1.165, 1.54) is 56.2 Å². The van der Waals surface area contributed by atoms with E-state index in [9.17, 15) is 0 Å². The highest BCUT2D eigenvalue weighted by Crippen LogP contribution is 2.31. The summed E-state index contributed by atoms with van der Waals surface area (Å²) in [7, 11) is 0. The van der Waals surface area contributed by atoms with Crippen molar-refractivity contribution in [3.63, 3.8) is 0 Å². The molecule has 118 valence electrons. The van der Waals surface area contributed by atoms with Gasteiger partial charge in [-0.05, 0) is 57.1 Å². The molecule has 0 radical (unpaired) electrons. The summed E-state index contributed by atoms with van der Waals surface area (Å²) >= 11 is 0.